The first kappa shape index (κ1) is 39.3. The van der Waals surface area contributed by atoms with Gasteiger partial charge in [0, 0.05) is 21.8 Å². The van der Waals surface area contributed by atoms with Crippen molar-refractivity contribution in [2.75, 3.05) is 0 Å². The van der Waals surface area contributed by atoms with Crippen LogP contribution in [-0.4, -0.2) is 16.3 Å². The summed E-state index contributed by atoms with van der Waals surface area (Å²) in [6, 6.07) is 45.9. The molecule has 4 heterocycles. The minimum absolute atomic E-state index is 0.0173. The molecule has 5 nitrogen and oxygen atoms in total. The average Bonchev–Trinajstić information content (AvgIpc) is 3.84. The van der Waals surface area contributed by atoms with Crippen molar-refractivity contribution in [3.05, 3.63) is 150 Å². The highest BCUT2D eigenvalue weighted by atomic mass is 16.5. The number of furan rings is 1. The second kappa shape index (κ2) is 14.0. The Morgan fingerprint density at radius 1 is 0.540 bits per heavy atom. The summed E-state index contributed by atoms with van der Waals surface area (Å²) in [4.78, 5) is 5.39. The van der Waals surface area contributed by atoms with Gasteiger partial charge in [-0.1, -0.05) is 154 Å². The monoisotopic (exact) mass is 824 g/mol. The summed E-state index contributed by atoms with van der Waals surface area (Å²) in [5, 5.41) is 2.09. The van der Waals surface area contributed by atoms with Gasteiger partial charge in [-0.25, -0.2) is 4.98 Å². The van der Waals surface area contributed by atoms with E-state index in [1.807, 2.05) is 0 Å². The van der Waals surface area contributed by atoms with Crippen LogP contribution in [0.5, 0.6) is 23.0 Å². The molecule has 0 N–H and O–H groups in total. The summed E-state index contributed by atoms with van der Waals surface area (Å²) < 4.78 is 23.4. The fourth-order valence-corrected chi connectivity index (χ4v) is 10.0. The number of ether oxygens (including phenoxy) is 2. The first-order chi connectivity index (χ1) is 30.2. The first-order valence-corrected chi connectivity index (χ1v) is 22.5. The van der Waals surface area contributed by atoms with E-state index in [0.29, 0.717) is 11.8 Å². The lowest BCUT2D eigenvalue weighted by Crippen LogP contribution is -2.57. The fourth-order valence-electron chi connectivity index (χ4n) is 10.0. The molecule has 2 aliphatic heterocycles. The van der Waals surface area contributed by atoms with Gasteiger partial charge in [0.05, 0.1) is 22.3 Å². The summed E-state index contributed by atoms with van der Waals surface area (Å²) in [7, 11) is 0. The molecule has 312 valence electrons. The molecule has 0 amide bonds. The van der Waals surface area contributed by atoms with Crippen molar-refractivity contribution in [2.24, 2.45) is 0 Å². The molecule has 0 saturated heterocycles. The zero-order chi connectivity index (χ0) is 43.7. The van der Waals surface area contributed by atoms with E-state index in [1.54, 1.807) is 0 Å². The first-order valence-electron chi connectivity index (χ1n) is 22.5. The second-order valence-corrected chi connectivity index (χ2v) is 20.3. The zero-order valence-corrected chi connectivity index (χ0v) is 38.0. The Balaban J connectivity index is 1.12. The molecular formula is C57H53BN2O3. The Morgan fingerprint density at radius 3 is 1.62 bits per heavy atom. The SMILES string of the molecule is CC(C)c1cccc(C(C)C)c1-n1c(-c2cccc3c2oc2c(-c4cc5c6c(c4)Oc4ccc(C(C)(C)C)cc4B6c4cc(C(C)(C)C)ccc4O5)cccc23)nc2ccccc21. The molecule has 9 aromatic rings. The summed E-state index contributed by atoms with van der Waals surface area (Å²) in [6.07, 6.45) is 0. The van der Waals surface area contributed by atoms with E-state index in [0.717, 1.165) is 83.9 Å². The average molecular weight is 825 g/mol. The van der Waals surface area contributed by atoms with Crippen molar-refractivity contribution in [1.29, 1.82) is 0 Å². The van der Waals surface area contributed by atoms with Crippen LogP contribution >= 0.6 is 0 Å². The predicted molar refractivity (Wildman–Crippen MR) is 262 cm³/mol. The third-order valence-electron chi connectivity index (χ3n) is 13.4. The molecular weight excluding hydrogens is 771 g/mol. The number of aromatic nitrogens is 2. The van der Waals surface area contributed by atoms with Crippen LogP contribution in [0.4, 0.5) is 0 Å². The number of benzene rings is 7. The Labute approximate surface area is 370 Å². The predicted octanol–water partition coefficient (Wildman–Crippen LogP) is 13.8. The van der Waals surface area contributed by atoms with Gasteiger partial charge in [-0.2, -0.15) is 0 Å². The van der Waals surface area contributed by atoms with Crippen LogP contribution in [0, 0.1) is 0 Å². The van der Waals surface area contributed by atoms with Gasteiger partial charge >= 0.3 is 0 Å². The fraction of sp³-hybridized carbons (Fsp3) is 0.246. The van der Waals surface area contributed by atoms with Crippen LogP contribution in [-0.2, 0) is 10.8 Å². The Bertz CT molecular complexity index is 3220. The van der Waals surface area contributed by atoms with Crippen LogP contribution < -0.4 is 25.9 Å². The number of hydrogen-bond donors (Lipinski definition) is 0. The summed E-state index contributed by atoms with van der Waals surface area (Å²) in [6.45, 7) is 22.7. The quantitative estimate of drug-likeness (QED) is 0.162. The Hall–Kier alpha value is -6.53. The van der Waals surface area contributed by atoms with Crippen LogP contribution in [0.1, 0.15) is 103 Å². The van der Waals surface area contributed by atoms with Crippen LogP contribution in [0.2, 0.25) is 0 Å². The van der Waals surface area contributed by atoms with E-state index >= 15 is 0 Å². The van der Waals surface area contributed by atoms with E-state index < -0.39 is 0 Å². The standard InChI is InChI=1S/C57H53BN2O3/c1-32(2)37-16-13-17-38(33(3)4)52(37)60-46-23-12-11-22-45(46)59-55(60)42-21-15-20-41-40-19-14-18-39(53(40)63-54(41)42)34-28-49-51-50(29-34)62-48-27-25-36(57(8,9)10)31-44(48)58(51)43-30-35(56(5,6)7)24-26-47(43)61-49/h11-33H,1-10H3. The molecule has 0 saturated carbocycles. The highest BCUT2D eigenvalue weighted by Gasteiger charge is 2.42. The minimum atomic E-state index is -0.0398. The van der Waals surface area contributed by atoms with Crippen molar-refractivity contribution in [3.8, 4) is 51.2 Å². The molecule has 0 bridgehead atoms. The summed E-state index contributed by atoms with van der Waals surface area (Å²) in [5.41, 5.74) is 16.3. The van der Waals surface area contributed by atoms with Crippen molar-refractivity contribution < 1.29 is 13.9 Å². The van der Waals surface area contributed by atoms with E-state index in [9.17, 15) is 0 Å². The molecule has 11 rings (SSSR count). The maximum absolute atomic E-state index is 7.19. The van der Waals surface area contributed by atoms with Gasteiger partial charge in [-0.15, -0.1) is 0 Å². The van der Waals surface area contributed by atoms with E-state index in [1.165, 1.54) is 38.9 Å². The largest absolute Gasteiger partial charge is 0.458 e. The highest BCUT2D eigenvalue weighted by molar-refractivity contribution is 6.98. The van der Waals surface area contributed by atoms with E-state index in [4.69, 9.17) is 18.9 Å². The van der Waals surface area contributed by atoms with Gasteiger partial charge < -0.3 is 13.9 Å². The van der Waals surface area contributed by atoms with Gasteiger partial charge in [0.15, 0.2) is 0 Å². The van der Waals surface area contributed by atoms with Gasteiger partial charge in [0.25, 0.3) is 6.71 Å². The van der Waals surface area contributed by atoms with Crippen molar-refractivity contribution in [3.63, 3.8) is 0 Å². The minimum Gasteiger partial charge on any atom is -0.458 e. The third-order valence-corrected chi connectivity index (χ3v) is 13.4. The summed E-state index contributed by atoms with van der Waals surface area (Å²) in [5.74, 6) is 4.87. The zero-order valence-electron chi connectivity index (χ0n) is 38.0. The number of imidazole rings is 1. The van der Waals surface area contributed by atoms with Gasteiger partial charge in [0.1, 0.15) is 40.0 Å². The van der Waals surface area contributed by atoms with E-state index in [2.05, 4.69) is 201 Å². The third kappa shape index (κ3) is 6.16. The van der Waals surface area contributed by atoms with Gasteiger partial charge in [-0.3, -0.25) is 4.57 Å². The topological polar surface area (TPSA) is 49.4 Å². The smallest absolute Gasteiger partial charge is 0.260 e. The molecule has 0 spiro atoms. The molecule has 0 unspecified atom stereocenters. The molecule has 0 radical (unpaired) electrons. The molecule has 0 atom stereocenters. The molecule has 6 heteroatoms. The second-order valence-electron chi connectivity index (χ2n) is 20.3. The number of fused-ring (bicyclic) bond motifs is 8. The van der Waals surface area contributed by atoms with Crippen molar-refractivity contribution >= 4 is 56.1 Å². The molecule has 63 heavy (non-hydrogen) atoms. The maximum atomic E-state index is 7.19. The van der Waals surface area contributed by atoms with Gasteiger partial charge in [0.2, 0.25) is 0 Å². The van der Waals surface area contributed by atoms with Crippen LogP contribution in [0.25, 0.3) is 61.2 Å². The summed E-state index contributed by atoms with van der Waals surface area (Å²) >= 11 is 0. The lowest BCUT2D eigenvalue weighted by Gasteiger charge is -2.35. The molecule has 7 aromatic carbocycles. The maximum Gasteiger partial charge on any atom is 0.260 e. The van der Waals surface area contributed by atoms with Crippen molar-refractivity contribution in [2.45, 2.75) is 91.9 Å². The number of para-hydroxylation sites is 5. The lowest BCUT2D eigenvalue weighted by atomic mass is 9.34. The molecule has 0 aliphatic carbocycles. The van der Waals surface area contributed by atoms with E-state index in [-0.39, 0.29) is 17.5 Å². The number of rotatable bonds is 5. The van der Waals surface area contributed by atoms with Crippen LogP contribution in [0.15, 0.2) is 132 Å². The number of nitrogens with zero attached hydrogens (tertiary/aromatic N) is 2. The molecule has 2 aliphatic rings. The lowest BCUT2D eigenvalue weighted by molar-refractivity contribution is 0.464. The normalized spacial score (nSPS) is 13.4. The Kier molecular flexibility index (Phi) is 8.73. The van der Waals surface area contributed by atoms with Crippen LogP contribution in [0.3, 0.4) is 0 Å². The number of hydrogen-bond acceptors (Lipinski definition) is 4. The molecule has 0 fully saturated rings. The molecule has 2 aromatic heterocycles. The van der Waals surface area contributed by atoms with Crippen molar-refractivity contribution in [1.82, 2.24) is 9.55 Å². The Morgan fingerprint density at radius 2 is 1.06 bits per heavy atom. The van der Waals surface area contributed by atoms with Gasteiger partial charge in [-0.05, 0) is 104 Å². The highest BCUT2D eigenvalue weighted by Crippen LogP contribution is 2.45.